The first-order valence-corrected chi connectivity index (χ1v) is 6.23. The fourth-order valence-electron chi connectivity index (χ4n) is 1.52. The summed E-state index contributed by atoms with van der Waals surface area (Å²) < 4.78 is 53.1. The minimum atomic E-state index is -1.72. The van der Waals surface area contributed by atoms with Crippen LogP contribution in [0.15, 0.2) is 28.7 Å². The summed E-state index contributed by atoms with van der Waals surface area (Å²) in [6.07, 6.45) is 0. The Balaban J connectivity index is 2.38. The predicted octanol–water partition coefficient (Wildman–Crippen LogP) is 3.96. The predicted molar refractivity (Wildman–Crippen MR) is 70.0 cm³/mol. The van der Waals surface area contributed by atoms with Crippen molar-refractivity contribution in [3.8, 4) is 5.75 Å². The third-order valence-corrected chi connectivity index (χ3v) is 3.23. The summed E-state index contributed by atoms with van der Waals surface area (Å²) in [6.45, 7) is 0. The summed E-state index contributed by atoms with van der Waals surface area (Å²) in [5, 5.41) is 11.1. The van der Waals surface area contributed by atoms with Gasteiger partial charge in [0.25, 0.3) is 5.91 Å². The number of aromatic hydroxyl groups is 1. The van der Waals surface area contributed by atoms with Crippen LogP contribution in [0.3, 0.4) is 0 Å². The van der Waals surface area contributed by atoms with E-state index in [0.717, 1.165) is 6.07 Å². The Morgan fingerprint density at radius 3 is 2.14 bits per heavy atom. The minimum Gasteiger partial charge on any atom is -0.507 e. The normalized spacial score (nSPS) is 10.5. The largest absolute Gasteiger partial charge is 0.507 e. The average Bonchev–Trinajstić information content (AvgIpc) is 2.44. The Labute approximate surface area is 124 Å². The number of nitrogens with one attached hydrogen (secondary N) is 1. The first-order valence-electron chi connectivity index (χ1n) is 5.44. The number of rotatable bonds is 2. The Kier molecular flexibility index (Phi) is 4.17. The lowest BCUT2D eigenvalue weighted by molar-refractivity contribution is 0.102. The smallest absolute Gasteiger partial charge is 0.255 e. The van der Waals surface area contributed by atoms with Crippen LogP contribution in [0.2, 0.25) is 0 Å². The van der Waals surface area contributed by atoms with E-state index in [1.54, 1.807) is 5.32 Å². The molecule has 0 heterocycles. The van der Waals surface area contributed by atoms with Crippen LogP contribution in [0.5, 0.6) is 5.75 Å². The van der Waals surface area contributed by atoms with Crippen molar-refractivity contribution in [2.75, 3.05) is 5.32 Å². The standard InChI is InChI=1S/C13H6BrF4NO2/c14-6-2-1-5(3-9(6)20)13(21)19-12-10(17)7(15)4-8(16)11(12)18/h1-4,20H,(H,19,21). The number of carbonyl (C=O) groups is 1. The van der Waals surface area contributed by atoms with Crippen molar-refractivity contribution in [1.82, 2.24) is 0 Å². The number of hydrogen-bond acceptors (Lipinski definition) is 2. The van der Waals surface area contributed by atoms with Gasteiger partial charge in [0.2, 0.25) is 0 Å². The highest BCUT2D eigenvalue weighted by molar-refractivity contribution is 9.10. The first kappa shape index (κ1) is 15.3. The van der Waals surface area contributed by atoms with Gasteiger partial charge in [0.15, 0.2) is 23.3 Å². The average molecular weight is 364 g/mol. The molecule has 0 bridgehead atoms. The van der Waals surface area contributed by atoms with E-state index in [2.05, 4.69) is 15.9 Å². The maximum absolute atomic E-state index is 13.4. The third kappa shape index (κ3) is 2.99. The van der Waals surface area contributed by atoms with Crippen molar-refractivity contribution in [1.29, 1.82) is 0 Å². The Bertz CT molecular complexity index is 710. The number of phenolic OH excluding ortho intramolecular Hbond substituents is 1. The van der Waals surface area contributed by atoms with Gasteiger partial charge in [-0.05, 0) is 34.1 Å². The molecule has 110 valence electrons. The van der Waals surface area contributed by atoms with E-state index >= 15 is 0 Å². The molecule has 0 saturated carbocycles. The van der Waals surface area contributed by atoms with Gasteiger partial charge in [0.1, 0.15) is 11.4 Å². The molecule has 0 aromatic heterocycles. The summed E-state index contributed by atoms with van der Waals surface area (Å²) in [6, 6.07) is 3.62. The summed E-state index contributed by atoms with van der Waals surface area (Å²) in [5.74, 6) is -8.03. The molecule has 8 heteroatoms. The van der Waals surface area contributed by atoms with E-state index in [0.29, 0.717) is 4.47 Å². The molecule has 0 aliphatic rings. The van der Waals surface area contributed by atoms with E-state index in [-0.39, 0.29) is 17.4 Å². The summed E-state index contributed by atoms with van der Waals surface area (Å²) in [7, 11) is 0. The first-order chi connectivity index (χ1) is 9.81. The maximum atomic E-state index is 13.4. The van der Waals surface area contributed by atoms with Crippen molar-refractivity contribution >= 4 is 27.5 Å². The van der Waals surface area contributed by atoms with Crippen molar-refractivity contribution in [3.05, 3.63) is 57.6 Å². The van der Waals surface area contributed by atoms with Gasteiger partial charge in [0.05, 0.1) is 4.47 Å². The van der Waals surface area contributed by atoms with Crippen molar-refractivity contribution in [2.45, 2.75) is 0 Å². The number of carbonyl (C=O) groups excluding carboxylic acids is 1. The second-order valence-electron chi connectivity index (χ2n) is 3.96. The number of halogens is 5. The highest BCUT2D eigenvalue weighted by Crippen LogP contribution is 2.27. The Hall–Kier alpha value is -2.09. The molecule has 1 amide bonds. The second kappa shape index (κ2) is 5.72. The fraction of sp³-hybridized carbons (Fsp3) is 0. The molecule has 3 nitrogen and oxygen atoms in total. The van der Waals surface area contributed by atoms with Gasteiger partial charge in [0, 0.05) is 11.6 Å². The van der Waals surface area contributed by atoms with Crippen molar-refractivity contribution < 1.29 is 27.5 Å². The Morgan fingerprint density at radius 2 is 1.62 bits per heavy atom. The Morgan fingerprint density at radius 1 is 1.05 bits per heavy atom. The summed E-state index contributed by atoms with van der Waals surface area (Å²) in [5.41, 5.74) is -1.39. The van der Waals surface area contributed by atoms with Crippen molar-refractivity contribution in [3.63, 3.8) is 0 Å². The highest BCUT2D eigenvalue weighted by atomic mass is 79.9. The van der Waals surface area contributed by atoms with Gasteiger partial charge >= 0.3 is 0 Å². The van der Waals surface area contributed by atoms with Crippen LogP contribution in [0.25, 0.3) is 0 Å². The molecule has 0 aliphatic carbocycles. The van der Waals surface area contributed by atoms with Gasteiger partial charge in [-0.15, -0.1) is 0 Å². The maximum Gasteiger partial charge on any atom is 0.255 e. The number of phenols is 1. The minimum absolute atomic E-state index is 0.0335. The second-order valence-corrected chi connectivity index (χ2v) is 4.82. The molecule has 2 N–H and O–H groups in total. The number of anilines is 1. The highest BCUT2D eigenvalue weighted by Gasteiger charge is 2.21. The molecule has 2 aromatic rings. The van der Waals surface area contributed by atoms with Crippen LogP contribution >= 0.6 is 15.9 Å². The molecule has 0 saturated heterocycles. The zero-order chi connectivity index (χ0) is 15.7. The van der Waals surface area contributed by atoms with Gasteiger partial charge in [-0.2, -0.15) is 0 Å². The topological polar surface area (TPSA) is 49.3 Å². The van der Waals surface area contributed by atoms with E-state index in [1.807, 2.05) is 0 Å². The monoisotopic (exact) mass is 363 g/mol. The quantitative estimate of drug-likeness (QED) is 0.626. The molecule has 0 spiro atoms. The lowest BCUT2D eigenvalue weighted by atomic mass is 10.2. The van der Waals surface area contributed by atoms with Crippen LogP contribution < -0.4 is 5.32 Å². The van der Waals surface area contributed by atoms with E-state index < -0.39 is 34.9 Å². The van der Waals surface area contributed by atoms with Crippen LogP contribution in [0.4, 0.5) is 23.2 Å². The van der Waals surface area contributed by atoms with E-state index in [9.17, 15) is 27.5 Å². The summed E-state index contributed by atoms with van der Waals surface area (Å²) >= 11 is 2.99. The van der Waals surface area contributed by atoms with Gasteiger partial charge in [-0.25, -0.2) is 17.6 Å². The zero-order valence-corrected chi connectivity index (χ0v) is 11.6. The molecule has 21 heavy (non-hydrogen) atoms. The van der Waals surface area contributed by atoms with Crippen LogP contribution in [-0.2, 0) is 0 Å². The lowest BCUT2D eigenvalue weighted by Gasteiger charge is -2.09. The van der Waals surface area contributed by atoms with Gasteiger partial charge < -0.3 is 10.4 Å². The lowest BCUT2D eigenvalue weighted by Crippen LogP contribution is -2.15. The number of benzene rings is 2. The molecular weight excluding hydrogens is 358 g/mol. The molecule has 0 fully saturated rings. The molecule has 0 aliphatic heterocycles. The van der Waals surface area contributed by atoms with Crippen LogP contribution in [-0.4, -0.2) is 11.0 Å². The SMILES string of the molecule is O=C(Nc1c(F)c(F)cc(F)c1F)c1ccc(Br)c(O)c1. The number of hydrogen-bond donors (Lipinski definition) is 2. The van der Waals surface area contributed by atoms with Gasteiger partial charge in [-0.3, -0.25) is 4.79 Å². The van der Waals surface area contributed by atoms with Crippen molar-refractivity contribution in [2.24, 2.45) is 0 Å². The van der Waals surface area contributed by atoms with Crippen LogP contribution in [0, 0.1) is 23.3 Å². The molecule has 2 rings (SSSR count). The zero-order valence-electron chi connectivity index (χ0n) is 10.1. The number of amides is 1. The van der Waals surface area contributed by atoms with Crippen LogP contribution in [0.1, 0.15) is 10.4 Å². The third-order valence-electron chi connectivity index (χ3n) is 2.56. The van der Waals surface area contributed by atoms with Gasteiger partial charge in [-0.1, -0.05) is 0 Å². The van der Waals surface area contributed by atoms with E-state index in [1.165, 1.54) is 12.1 Å². The summed E-state index contributed by atoms with van der Waals surface area (Å²) in [4.78, 5) is 11.8. The molecule has 0 unspecified atom stereocenters. The van der Waals surface area contributed by atoms with E-state index in [4.69, 9.17) is 0 Å². The fourth-order valence-corrected chi connectivity index (χ4v) is 1.77. The molecular formula is C13H6BrF4NO2. The molecule has 0 atom stereocenters. The molecule has 0 radical (unpaired) electrons. The molecule has 2 aromatic carbocycles.